The average Bonchev–Trinajstić information content (AvgIpc) is 2.15. The van der Waals surface area contributed by atoms with Gasteiger partial charge in [-0.15, -0.1) is 0 Å². The van der Waals surface area contributed by atoms with Gasteiger partial charge in [0, 0.05) is 31.2 Å². The van der Waals surface area contributed by atoms with Crippen LogP contribution in [0, 0.1) is 5.41 Å². The lowest BCUT2D eigenvalue weighted by Gasteiger charge is -2.08. The first-order chi connectivity index (χ1) is 6.29. The van der Waals surface area contributed by atoms with E-state index in [-0.39, 0.29) is 0 Å². The summed E-state index contributed by atoms with van der Waals surface area (Å²) in [6.07, 6.45) is 2.78. The van der Waals surface area contributed by atoms with Gasteiger partial charge in [0.2, 0.25) is 0 Å². The molecule has 0 spiro atoms. The molecule has 0 bridgehead atoms. The summed E-state index contributed by atoms with van der Waals surface area (Å²) in [4.78, 5) is 4.05. The molecule has 0 saturated carbocycles. The largest absolute Gasteiger partial charge is 0.398 e. The van der Waals surface area contributed by atoms with Crippen LogP contribution in [0.1, 0.15) is 5.56 Å². The number of nitrogens with two attached hydrogens (primary N) is 2. The summed E-state index contributed by atoms with van der Waals surface area (Å²) in [6, 6.07) is 1.66. The molecule has 70 valence electrons. The zero-order chi connectivity index (χ0) is 9.68. The minimum Gasteiger partial charge on any atom is -0.398 e. The molecule has 1 aromatic rings. The number of aromatic nitrogens is 1. The van der Waals surface area contributed by atoms with Gasteiger partial charge in [0.05, 0.1) is 5.56 Å². The van der Waals surface area contributed by atoms with E-state index in [2.05, 4.69) is 10.3 Å². The maximum atomic E-state index is 7.14. The molecular weight excluding hydrogens is 166 g/mol. The zero-order valence-electron chi connectivity index (χ0n) is 7.25. The summed E-state index contributed by atoms with van der Waals surface area (Å²) >= 11 is 0. The van der Waals surface area contributed by atoms with Crippen molar-refractivity contribution in [2.45, 2.75) is 0 Å². The summed E-state index contributed by atoms with van der Waals surface area (Å²) in [5.41, 5.74) is 12.1. The summed E-state index contributed by atoms with van der Waals surface area (Å²) < 4.78 is 0. The van der Waals surface area contributed by atoms with Crippen LogP contribution in [-0.2, 0) is 0 Å². The molecule has 0 fully saturated rings. The fraction of sp³-hybridized carbons (Fsp3) is 0.250. The third-order valence-electron chi connectivity index (χ3n) is 1.60. The fourth-order valence-corrected chi connectivity index (χ4v) is 0.971. The third-order valence-corrected chi connectivity index (χ3v) is 1.60. The molecular formula is C8H13N5. The lowest BCUT2D eigenvalue weighted by Crippen LogP contribution is -2.15. The quantitative estimate of drug-likeness (QED) is 0.490. The average molecular weight is 179 g/mol. The molecule has 0 unspecified atom stereocenters. The van der Waals surface area contributed by atoms with Crippen molar-refractivity contribution in [1.82, 2.24) is 4.98 Å². The van der Waals surface area contributed by atoms with Crippen molar-refractivity contribution in [2.75, 3.05) is 24.1 Å². The number of pyridine rings is 1. The Hall–Kier alpha value is -1.62. The Morgan fingerprint density at radius 2 is 2.38 bits per heavy atom. The molecule has 13 heavy (non-hydrogen) atoms. The second kappa shape index (κ2) is 4.42. The second-order valence-electron chi connectivity index (χ2n) is 2.52. The highest BCUT2D eigenvalue weighted by Crippen LogP contribution is 2.15. The topological polar surface area (TPSA) is 101 Å². The van der Waals surface area contributed by atoms with Crippen LogP contribution < -0.4 is 16.8 Å². The summed E-state index contributed by atoms with van der Waals surface area (Å²) in [7, 11) is 0. The van der Waals surface area contributed by atoms with Crippen LogP contribution in [0.4, 0.5) is 11.5 Å². The van der Waals surface area contributed by atoms with E-state index < -0.39 is 0 Å². The second-order valence-corrected chi connectivity index (χ2v) is 2.52. The molecule has 0 saturated heterocycles. The van der Waals surface area contributed by atoms with Gasteiger partial charge in [-0.05, 0) is 6.07 Å². The molecule has 0 aromatic carbocycles. The maximum absolute atomic E-state index is 7.14. The molecule has 1 aromatic heterocycles. The van der Waals surface area contributed by atoms with Gasteiger partial charge in [0.25, 0.3) is 0 Å². The van der Waals surface area contributed by atoms with E-state index in [0.717, 1.165) is 0 Å². The van der Waals surface area contributed by atoms with Gasteiger partial charge in [-0.25, -0.2) is 4.98 Å². The Bertz CT molecular complexity index is 297. The minimum absolute atomic E-state index is 0.522. The number of rotatable bonds is 4. The Morgan fingerprint density at radius 3 is 3.00 bits per heavy atom. The van der Waals surface area contributed by atoms with Crippen LogP contribution in [0.5, 0.6) is 0 Å². The standard InChI is InChI=1S/C8H13N5/c9-2-4-13-8-6(5-10)7(11)1-3-12-8/h1,3,5,10H,2,4,9H2,(H3,11,12,13). The molecule has 0 aliphatic heterocycles. The number of nitrogens with zero attached hydrogens (tertiary/aromatic N) is 1. The first-order valence-electron chi connectivity index (χ1n) is 3.98. The number of nitrogen functional groups attached to an aromatic ring is 1. The lowest BCUT2D eigenvalue weighted by molar-refractivity contribution is 1.01. The van der Waals surface area contributed by atoms with Gasteiger partial charge < -0.3 is 22.2 Å². The van der Waals surface area contributed by atoms with Crippen molar-refractivity contribution in [3.05, 3.63) is 17.8 Å². The smallest absolute Gasteiger partial charge is 0.136 e. The van der Waals surface area contributed by atoms with Crippen molar-refractivity contribution in [3.63, 3.8) is 0 Å². The molecule has 1 heterocycles. The van der Waals surface area contributed by atoms with Crippen LogP contribution in [0.3, 0.4) is 0 Å². The number of nitrogens with one attached hydrogen (secondary N) is 2. The predicted octanol–water partition coefficient (Wildman–Crippen LogP) is 0.0321. The van der Waals surface area contributed by atoms with Crippen LogP contribution in [0.25, 0.3) is 0 Å². The van der Waals surface area contributed by atoms with Crippen LogP contribution in [0.15, 0.2) is 12.3 Å². The van der Waals surface area contributed by atoms with Crippen molar-refractivity contribution in [3.8, 4) is 0 Å². The van der Waals surface area contributed by atoms with E-state index >= 15 is 0 Å². The van der Waals surface area contributed by atoms with Gasteiger partial charge in [-0.1, -0.05) is 0 Å². The highest BCUT2D eigenvalue weighted by atomic mass is 15.0. The van der Waals surface area contributed by atoms with Gasteiger partial charge in [0.1, 0.15) is 5.82 Å². The summed E-state index contributed by atoms with van der Waals surface area (Å²) in [6.45, 7) is 1.14. The van der Waals surface area contributed by atoms with E-state index in [9.17, 15) is 0 Å². The first-order valence-corrected chi connectivity index (χ1v) is 3.98. The predicted molar refractivity (Wildman–Crippen MR) is 54.1 cm³/mol. The maximum Gasteiger partial charge on any atom is 0.136 e. The van der Waals surface area contributed by atoms with Crippen molar-refractivity contribution >= 4 is 17.7 Å². The van der Waals surface area contributed by atoms with Gasteiger partial charge in [-0.3, -0.25) is 0 Å². The molecule has 0 amide bonds. The normalized spacial score (nSPS) is 9.62. The summed E-state index contributed by atoms with van der Waals surface area (Å²) in [5, 5.41) is 10.1. The molecule has 0 aliphatic carbocycles. The fourth-order valence-electron chi connectivity index (χ4n) is 0.971. The highest BCUT2D eigenvalue weighted by Gasteiger charge is 2.03. The SMILES string of the molecule is N=Cc1c(N)ccnc1NCCN. The van der Waals surface area contributed by atoms with Crippen LogP contribution in [-0.4, -0.2) is 24.3 Å². The van der Waals surface area contributed by atoms with Gasteiger partial charge in [0.15, 0.2) is 0 Å². The monoisotopic (exact) mass is 179 g/mol. The lowest BCUT2D eigenvalue weighted by atomic mass is 10.2. The van der Waals surface area contributed by atoms with Gasteiger partial charge in [-0.2, -0.15) is 0 Å². The van der Waals surface area contributed by atoms with Crippen molar-refractivity contribution < 1.29 is 0 Å². The van der Waals surface area contributed by atoms with E-state index in [0.29, 0.717) is 30.2 Å². The first kappa shape index (κ1) is 9.47. The Labute approximate surface area is 76.7 Å². The molecule has 0 radical (unpaired) electrons. The number of anilines is 2. The van der Waals surface area contributed by atoms with Gasteiger partial charge >= 0.3 is 0 Å². The molecule has 0 atom stereocenters. The number of hydrogen-bond donors (Lipinski definition) is 4. The van der Waals surface area contributed by atoms with Crippen LogP contribution in [0.2, 0.25) is 0 Å². The van der Waals surface area contributed by atoms with Crippen molar-refractivity contribution in [2.24, 2.45) is 5.73 Å². The Balaban J connectivity index is 2.91. The summed E-state index contributed by atoms with van der Waals surface area (Å²) in [5.74, 6) is 0.612. The highest BCUT2D eigenvalue weighted by molar-refractivity contribution is 5.91. The van der Waals surface area contributed by atoms with Crippen LogP contribution >= 0.6 is 0 Å². The molecule has 1 rings (SSSR count). The molecule has 5 heteroatoms. The molecule has 6 N–H and O–H groups in total. The van der Waals surface area contributed by atoms with E-state index in [1.807, 2.05) is 0 Å². The Morgan fingerprint density at radius 1 is 1.62 bits per heavy atom. The van der Waals surface area contributed by atoms with Crippen molar-refractivity contribution in [1.29, 1.82) is 5.41 Å². The third kappa shape index (κ3) is 2.16. The minimum atomic E-state index is 0.522. The zero-order valence-corrected chi connectivity index (χ0v) is 7.25. The Kier molecular flexibility index (Phi) is 3.22. The number of hydrogen-bond acceptors (Lipinski definition) is 5. The molecule has 5 nitrogen and oxygen atoms in total. The van der Waals surface area contributed by atoms with E-state index in [1.165, 1.54) is 6.21 Å². The molecule has 0 aliphatic rings. The van der Waals surface area contributed by atoms with E-state index in [4.69, 9.17) is 16.9 Å². The van der Waals surface area contributed by atoms with E-state index in [1.54, 1.807) is 12.3 Å².